The molecule has 2 rings (SSSR count). The van der Waals surface area contributed by atoms with Gasteiger partial charge in [0.05, 0.1) is 0 Å². The summed E-state index contributed by atoms with van der Waals surface area (Å²) in [4.78, 5) is 14.3. The predicted molar refractivity (Wildman–Crippen MR) is 52.5 cm³/mol. The van der Waals surface area contributed by atoms with Gasteiger partial charge in [0.1, 0.15) is 5.82 Å². The molecule has 0 aromatic carbocycles. The lowest BCUT2D eigenvalue weighted by Gasteiger charge is -2.25. The van der Waals surface area contributed by atoms with Gasteiger partial charge in [-0.3, -0.25) is 5.32 Å². The average Bonchev–Trinajstić information content (AvgIpc) is 2.04. The summed E-state index contributed by atoms with van der Waals surface area (Å²) in [5, 5.41) is 10.7. The van der Waals surface area contributed by atoms with E-state index in [-0.39, 0.29) is 0 Å². The van der Waals surface area contributed by atoms with Gasteiger partial charge in [0.25, 0.3) is 0 Å². The van der Waals surface area contributed by atoms with Crippen LogP contribution < -0.4 is 5.32 Å². The van der Waals surface area contributed by atoms with Crippen LogP contribution in [0.15, 0.2) is 18.3 Å². The molecule has 0 unspecified atom stereocenters. The van der Waals surface area contributed by atoms with Crippen LogP contribution in [0, 0.1) is 0 Å². The zero-order chi connectivity index (χ0) is 9.97. The number of anilines is 1. The highest BCUT2D eigenvalue weighted by atomic mass is 16.4. The average molecular weight is 192 g/mol. The zero-order valence-electron chi connectivity index (χ0n) is 7.73. The Morgan fingerprint density at radius 2 is 2.29 bits per heavy atom. The van der Waals surface area contributed by atoms with Crippen LogP contribution >= 0.6 is 0 Å². The summed E-state index contributed by atoms with van der Waals surface area (Å²) in [7, 11) is 0. The Labute approximate surface area is 82.0 Å². The lowest BCUT2D eigenvalue weighted by Crippen LogP contribution is -2.11. The van der Waals surface area contributed by atoms with Gasteiger partial charge in [-0.05, 0) is 30.4 Å². The quantitative estimate of drug-likeness (QED) is 0.756. The standard InChI is InChI=1S/C10H12N2O2/c13-10(14)12-9-5-4-8(6-11-9)7-2-1-3-7/h4-7H,1-3H2,(H,11,12)(H,13,14). The van der Waals surface area contributed by atoms with Crippen LogP contribution in [0.2, 0.25) is 0 Å². The van der Waals surface area contributed by atoms with Gasteiger partial charge in [0.2, 0.25) is 0 Å². The molecular weight excluding hydrogens is 180 g/mol. The van der Waals surface area contributed by atoms with E-state index in [1.807, 2.05) is 6.07 Å². The van der Waals surface area contributed by atoms with E-state index in [9.17, 15) is 4.79 Å². The van der Waals surface area contributed by atoms with E-state index in [2.05, 4.69) is 10.3 Å². The second-order valence-corrected chi connectivity index (χ2v) is 3.53. The molecule has 1 aliphatic rings. The summed E-state index contributed by atoms with van der Waals surface area (Å²) >= 11 is 0. The molecule has 4 nitrogen and oxygen atoms in total. The molecule has 1 saturated carbocycles. The largest absolute Gasteiger partial charge is 0.465 e. The highest BCUT2D eigenvalue weighted by Crippen LogP contribution is 2.35. The molecule has 0 bridgehead atoms. The Bertz CT molecular complexity index is 330. The van der Waals surface area contributed by atoms with E-state index in [0.717, 1.165) is 0 Å². The third-order valence-electron chi connectivity index (χ3n) is 2.60. The number of nitrogens with zero attached hydrogens (tertiary/aromatic N) is 1. The summed E-state index contributed by atoms with van der Waals surface area (Å²) in [5.41, 5.74) is 1.21. The third kappa shape index (κ3) is 1.84. The van der Waals surface area contributed by atoms with Gasteiger partial charge in [-0.15, -0.1) is 0 Å². The molecule has 0 saturated heterocycles. The van der Waals surface area contributed by atoms with Crippen LogP contribution in [-0.4, -0.2) is 16.2 Å². The maximum atomic E-state index is 10.3. The minimum atomic E-state index is -1.08. The Kier molecular flexibility index (Phi) is 2.35. The van der Waals surface area contributed by atoms with Crippen molar-refractivity contribution in [3.05, 3.63) is 23.9 Å². The molecule has 1 amide bonds. The number of carboxylic acid groups (broad SMARTS) is 1. The van der Waals surface area contributed by atoms with Crippen LogP contribution in [0.5, 0.6) is 0 Å². The first-order valence-corrected chi connectivity index (χ1v) is 4.71. The maximum Gasteiger partial charge on any atom is 0.410 e. The normalized spacial score (nSPS) is 16.0. The van der Waals surface area contributed by atoms with Crippen molar-refractivity contribution in [2.45, 2.75) is 25.2 Å². The number of hydrogen-bond donors (Lipinski definition) is 2. The van der Waals surface area contributed by atoms with E-state index >= 15 is 0 Å². The fourth-order valence-corrected chi connectivity index (χ4v) is 1.57. The monoisotopic (exact) mass is 192 g/mol. The number of aromatic nitrogens is 1. The Morgan fingerprint density at radius 1 is 1.50 bits per heavy atom. The lowest BCUT2D eigenvalue weighted by atomic mass is 9.81. The molecule has 74 valence electrons. The van der Waals surface area contributed by atoms with Gasteiger partial charge in [-0.25, -0.2) is 9.78 Å². The summed E-state index contributed by atoms with van der Waals surface area (Å²) < 4.78 is 0. The molecule has 0 radical (unpaired) electrons. The minimum absolute atomic E-state index is 0.389. The SMILES string of the molecule is O=C(O)Nc1ccc(C2CCC2)cn1. The van der Waals surface area contributed by atoms with E-state index in [4.69, 9.17) is 5.11 Å². The molecule has 1 aliphatic carbocycles. The molecule has 1 aromatic heterocycles. The van der Waals surface area contributed by atoms with Gasteiger partial charge < -0.3 is 5.11 Å². The summed E-state index contributed by atoms with van der Waals surface area (Å²) in [6, 6.07) is 3.66. The Morgan fingerprint density at radius 3 is 2.71 bits per heavy atom. The molecule has 1 aromatic rings. The third-order valence-corrected chi connectivity index (χ3v) is 2.60. The van der Waals surface area contributed by atoms with Crippen molar-refractivity contribution in [3.8, 4) is 0 Å². The second kappa shape index (κ2) is 3.65. The van der Waals surface area contributed by atoms with E-state index in [0.29, 0.717) is 11.7 Å². The van der Waals surface area contributed by atoms with Crippen LogP contribution in [0.25, 0.3) is 0 Å². The number of pyridine rings is 1. The van der Waals surface area contributed by atoms with Crippen molar-refractivity contribution in [1.29, 1.82) is 0 Å². The van der Waals surface area contributed by atoms with Crippen LogP contribution in [0.3, 0.4) is 0 Å². The number of hydrogen-bond acceptors (Lipinski definition) is 2. The second-order valence-electron chi connectivity index (χ2n) is 3.53. The summed E-state index contributed by atoms with van der Waals surface area (Å²) in [6.07, 6.45) is 4.43. The van der Waals surface area contributed by atoms with Gasteiger partial charge in [-0.1, -0.05) is 12.5 Å². The highest BCUT2D eigenvalue weighted by Gasteiger charge is 2.19. The first kappa shape index (κ1) is 8.99. The van der Waals surface area contributed by atoms with Crippen molar-refractivity contribution in [2.24, 2.45) is 0 Å². The summed E-state index contributed by atoms with van der Waals surface area (Å²) in [5.74, 6) is 1.03. The molecule has 0 atom stereocenters. The van der Waals surface area contributed by atoms with Crippen LogP contribution in [-0.2, 0) is 0 Å². The van der Waals surface area contributed by atoms with Gasteiger partial charge >= 0.3 is 6.09 Å². The first-order valence-electron chi connectivity index (χ1n) is 4.71. The molecule has 4 heteroatoms. The van der Waals surface area contributed by atoms with Crippen molar-refractivity contribution in [1.82, 2.24) is 4.98 Å². The van der Waals surface area contributed by atoms with Gasteiger partial charge in [0.15, 0.2) is 0 Å². The van der Waals surface area contributed by atoms with Crippen LogP contribution in [0.4, 0.5) is 10.6 Å². The number of nitrogens with one attached hydrogen (secondary N) is 1. The van der Waals surface area contributed by atoms with Crippen LogP contribution in [0.1, 0.15) is 30.7 Å². The molecule has 0 spiro atoms. The fourth-order valence-electron chi connectivity index (χ4n) is 1.57. The van der Waals surface area contributed by atoms with E-state index in [1.165, 1.54) is 24.8 Å². The predicted octanol–water partition coefficient (Wildman–Crippen LogP) is 2.44. The maximum absolute atomic E-state index is 10.3. The number of amides is 1. The fraction of sp³-hybridized carbons (Fsp3) is 0.400. The topological polar surface area (TPSA) is 62.2 Å². The molecule has 1 fully saturated rings. The van der Waals surface area contributed by atoms with Crippen molar-refractivity contribution in [3.63, 3.8) is 0 Å². The minimum Gasteiger partial charge on any atom is -0.465 e. The number of rotatable bonds is 2. The van der Waals surface area contributed by atoms with E-state index < -0.39 is 6.09 Å². The molecule has 1 heterocycles. The Balaban J connectivity index is 2.05. The van der Waals surface area contributed by atoms with Gasteiger partial charge in [-0.2, -0.15) is 0 Å². The molecule has 2 N–H and O–H groups in total. The zero-order valence-corrected chi connectivity index (χ0v) is 7.73. The molecule has 14 heavy (non-hydrogen) atoms. The lowest BCUT2D eigenvalue weighted by molar-refractivity contribution is 0.209. The molecular formula is C10H12N2O2. The first-order chi connectivity index (χ1) is 6.75. The Hall–Kier alpha value is -1.58. The van der Waals surface area contributed by atoms with Crippen molar-refractivity contribution < 1.29 is 9.90 Å². The molecule has 0 aliphatic heterocycles. The van der Waals surface area contributed by atoms with Crippen molar-refractivity contribution in [2.75, 3.05) is 5.32 Å². The van der Waals surface area contributed by atoms with Crippen molar-refractivity contribution >= 4 is 11.9 Å². The number of carbonyl (C=O) groups is 1. The highest BCUT2D eigenvalue weighted by molar-refractivity contribution is 5.81. The smallest absolute Gasteiger partial charge is 0.410 e. The van der Waals surface area contributed by atoms with E-state index in [1.54, 1.807) is 12.3 Å². The van der Waals surface area contributed by atoms with Gasteiger partial charge in [0, 0.05) is 6.20 Å². The summed E-state index contributed by atoms with van der Waals surface area (Å²) in [6.45, 7) is 0.